The Morgan fingerprint density at radius 3 is 2.28 bits per heavy atom. The Balaban J connectivity index is 1.86. The van der Waals surface area contributed by atoms with Crippen molar-refractivity contribution < 1.29 is 23.5 Å². The van der Waals surface area contributed by atoms with Crippen molar-refractivity contribution >= 4 is 57.6 Å². The van der Waals surface area contributed by atoms with Crippen molar-refractivity contribution in [2.75, 3.05) is 18.1 Å². The number of furan rings is 1. The molecule has 3 heterocycles. The van der Waals surface area contributed by atoms with Gasteiger partial charge in [-0.25, -0.2) is 9.88 Å². The number of hydrogen-bond acceptors (Lipinski definition) is 6. The molecule has 0 N–H and O–H groups in total. The zero-order valence-corrected chi connectivity index (χ0v) is 20.9. The third-order valence-electron chi connectivity index (χ3n) is 5.86. The lowest BCUT2D eigenvalue weighted by molar-refractivity contribution is -0.138. The van der Waals surface area contributed by atoms with Crippen molar-refractivity contribution in [2.24, 2.45) is 5.92 Å². The number of aromatic nitrogens is 1. The van der Waals surface area contributed by atoms with Crippen LogP contribution in [-0.2, 0) is 14.3 Å². The first kappa shape index (κ1) is 24.2. The zero-order valence-electron chi connectivity index (χ0n) is 19.4. The average Bonchev–Trinajstić information content (AvgIpc) is 3.21. The quantitative estimate of drug-likeness (QED) is 0.229. The molecule has 36 heavy (non-hydrogen) atoms. The standard InChI is InChI=1S/C27H20Cl2N2O5/c1-14(2)25(34)26-24(31-21(32)12-35-13-22(31)33)19-11-18(15-7-9-16(28)10-8-15)23(30-27(19)36-26)17-5-3-4-6-20(17)29/h3-11,14H,12-13H2,1-2H3. The second kappa shape index (κ2) is 9.50. The fourth-order valence-corrected chi connectivity index (χ4v) is 4.46. The molecule has 9 heteroatoms. The molecule has 2 aromatic heterocycles. The summed E-state index contributed by atoms with van der Waals surface area (Å²) >= 11 is 12.6. The summed E-state index contributed by atoms with van der Waals surface area (Å²) < 4.78 is 11.0. The van der Waals surface area contributed by atoms with E-state index in [9.17, 15) is 14.4 Å². The lowest BCUT2D eigenvalue weighted by Crippen LogP contribution is -2.46. The van der Waals surface area contributed by atoms with Crippen molar-refractivity contribution in [1.82, 2.24) is 4.98 Å². The molecule has 182 valence electrons. The summed E-state index contributed by atoms with van der Waals surface area (Å²) in [6, 6.07) is 16.1. The molecule has 5 rings (SSSR count). The molecule has 0 unspecified atom stereocenters. The predicted molar refractivity (Wildman–Crippen MR) is 137 cm³/mol. The lowest BCUT2D eigenvalue weighted by Gasteiger charge is -2.25. The minimum atomic E-state index is -0.588. The van der Waals surface area contributed by atoms with Gasteiger partial charge in [-0.15, -0.1) is 0 Å². The maximum absolute atomic E-state index is 13.2. The number of carbonyl (C=O) groups is 3. The van der Waals surface area contributed by atoms with E-state index in [-0.39, 0.29) is 36.2 Å². The molecule has 0 radical (unpaired) electrons. The summed E-state index contributed by atoms with van der Waals surface area (Å²) in [4.78, 5) is 44.5. The number of fused-ring (bicyclic) bond motifs is 1. The van der Waals surface area contributed by atoms with Gasteiger partial charge in [0.2, 0.25) is 11.5 Å². The summed E-state index contributed by atoms with van der Waals surface area (Å²) in [7, 11) is 0. The lowest BCUT2D eigenvalue weighted by atomic mass is 9.97. The monoisotopic (exact) mass is 522 g/mol. The topological polar surface area (TPSA) is 89.7 Å². The number of Topliss-reactive ketones (excluding diaryl/α,β-unsaturated/α-hetero) is 1. The number of hydrogen-bond donors (Lipinski definition) is 0. The van der Waals surface area contributed by atoms with Gasteiger partial charge in [0.25, 0.3) is 11.8 Å². The summed E-state index contributed by atoms with van der Waals surface area (Å²) in [6.07, 6.45) is 0. The average molecular weight is 523 g/mol. The SMILES string of the molecule is CC(C)C(=O)c1oc2nc(-c3ccccc3Cl)c(-c3ccc(Cl)cc3)cc2c1N1C(=O)COCC1=O. The number of carbonyl (C=O) groups excluding carboxylic acids is 3. The van der Waals surface area contributed by atoms with Crippen LogP contribution in [0.4, 0.5) is 5.69 Å². The number of anilines is 1. The molecule has 1 aliphatic rings. The Bertz CT molecular complexity index is 1510. The number of nitrogens with zero attached hydrogens (tertiary/aromatic N) is 2. The van der Waals surface area contributed by atoms with Crippen LogP contribution in [0.2, 0.25) is 10.0 Å². The number of ether oxygens (including phenoxy) is 1. The van der Waals surface area contributed by atoms with Gasteiger partial charge in [-0.1, -0.05) is 67.4 Å². The van der Waals surface area contributed by atoms with Gasteiger partial charge < -0.3 is 9.15 Å². The summed E-state index contributed by atoms with van der Waals surface area (Å²) in [5.41, 5.74) is 2.78. The minimum absolute atomic E-state index is 0.0791. The normalized spacial score (nSPS) is 14.2. The van der Waals surface area contributed by atoms with Gasteiger partial charge in [0.05, 0.1) is 11.1 Å². The first-order chi connectivity index (χ1) is 17.3. The van der Waals surface area contributed by atoms with Crippen molar-refractivity contribution in [3.05, 3.63) is 70.4 Å². The molecule has 0 aliphatic carbocycles. The Morgan fingerprint density at radius 1 is 0.972 bits per heavy atom. The second-order valence-electron chi connectivity index (χ2n) is 8.64. The Hall–Kier alpha value is -3.52. The maximum Gasteiger partial charge on any atom is 0.259 e. The molecule has 1 saturated heterocycles. The second-order valence-corrected chi connectivity index (χ2v) is 9.48. The highest BCUT2D eigenvalue weighted by atomic mass is 35.5. The van der Waals surface area contributed by atoms with Crippen LogP contribution in [0.25, 0.3) is 33.5 Å². The van der Waals surface area contributed by atoms with Crippen LogP contribution in [0.5, 0.6) is 0 Å². The van der Waals surface area contributed by atoms with E-state index >= 15 is 0 Å². The number of ketones is 1. The Kier molecular flexibility index (Phi) is 6.38. The van der Waals surface area contributed by atoms with E-state index in [1.165, 1.54) is 0 Å². The number of amides is 2. The van der Waals surface area contributed by atoms with E-state index in [0.29, 0.717) is 32.3 Å². The number of halogens is 2. The molecular formula is C27H20Cl2N2O5. The molecule has 1 aliphatic heterocycles. The van der Waals surface area contributed by atoms with Crippen molar-refractivity contribution in [3.8, 4) is 22.4 Å². The third kappa shape index (κ3) is 4.19. The van der Waals surface area contributed by atoms with Crippen LogP contribution in [0.15, 0.2) is 59.0 Å². The van der Waals surface area contributed by atoms with Crippen LogP contribution in [0.1, 0.15) is 24.4 Å². The highest BCUT2D eigenvalue weighted by molar-refractivity contribution is 6.33. The van der Waals surface area contributed by atoms with Crippen LogP contribution >= 0.6 is 23.2 Å². The predicted octanol–water partition coefficient (Wildman–Crippen LogP) is 6.20. The molecule has 0 saturated carbocycles. The van der Waals surface area contributed by atoms with Gasteiger partial charge >= 0.3 is 0 Å². The molecular weight excluding hydrogens is 503 g/mol. The van der Waals surface area contributed by atoms with Gasteiger partial charge in [-0.05, 0) is 29.8 Å². The van der Waals surface area contributed by atoms with Crippen molar-refractivity contribution in [1.29, 1.82) is 0 Å². The maximum atomic E-state index is 13.2. The van der Waals surface area contributed by atoms with Gasteiger partial charge in [-0.2, -0.15) is 0 Å². The van der Waals surface area contributed by atoms with Crippen LogP contribution in [-0.4, -0.2) is 35.8 Å². The van der Waals surface area contributed by atoms with E-state index in [1.807, 2.05) is 30.3 Å². The van der Waals surface area contributed by atoms with E-state index in [0.717, 1.165) is 10.5 Å². The van der Waals surface area contributed by atoms with E-state index in [1.54, 1.807) is 38.1 Å². The van der Waals surface area contributed by atoms with Gasteiger partial charge in [0.1, 0.15) is 18.9 Å². The number of morpholine rings is 1. The summed E-state index contributed by atoms with van der Waals surface area (Å²) in [5, 5.41) is 1.39. The van der Waals surface area contributed by atoms with Gasteiger partial charge in [0.15, 0.2) is 5.76 Å². The largest absolute Gasteiger partial charge is 0.432 e. The van der Waals surface area contributed by atoms with Crippen LogP contribution < -0.4 is 4.90 Å². The van der Waals surface area contributed by atoms with Crippen molar-refractivity contribution in [3.63, 3.8) is 0 Å². The molecule has 2 aromatic carbocycles. The molecule has 0 atom stereocenters. The number of benzene rings is 2. The zero-order chi connectivity index (χ0) is 25.6. The fourth-order valence-electron chi connectivity index (χ4n) is 4.11. The van der Waals surface area contributed by atoms with Gasteiger partial charge in [0, 0.05) is 27.1 Å². The van der Waals surface area contributed by atoms with E-state index in [4.69, 9.17) is 37.3 Å². The van der Waals surface area contributed by atoms with Gasteiger partial charge in [-0.3, -0.25) is 14.4 Å². The van der Waals surface area contributed by atoms with Crippen LogP contribution in [0.3, 0.4) is 0 Å². The summed E-state index contributed by atoms with van der Waals surface area (Å²) in [5.74, 6) is -2.09. The third-order valence-corrected chi connectivity index (χ3v) is 6.44. The first-order valence-electron chi connectivity index (χ1n) is 11.2. The highest BCUT2D eigenvalue weighted by Crippen LogP contribution is 2.42. The smallest absolute Gasteiger partial charge is 0.259 e. The number of pyridine rings is 1. The fraction of sp³-hybridized carbons (Fsp3) is 0.185. The molecule has 1 fully saturated rings. The van der Waals surface area contributed by atoms with E-state index < -0.39 is 17.7 Å². The highest BCUT2D eigenvalue weighted by Gasteiger charge is 2.37. The minimum Gasteiger partial charge on any atom is -0.432 e. The molecule has 4 aromatic rings. The van der Waals surface area contributed by atoms with Crippen LogP contribution in [0, 0.1) is 5.92 Å². The molecule has 0 spiro atoms. The number of imide groups is 1. The van der Waals surface area contributed by atoms with E-state index in [2.05, 4.69) is 0 Å². The molecule has 2 amide bonds. The molecule has 0 bridgehead atoms. The summed E-state index contributed by atoms with van der Waals surface area (Å²) in [6.45, 7) is 2.85. The van der Waals surface area contributed by atoms with Crippen molar-refractivity contribution in [2.45, 2.75) is 13.8 Å². The number of rotatable bonds is 5. The molecule has 7 nitrogen and oxygen atoms in total. The Morgan fingerprint density at radius 2 is 1.64 bits per heavy atom. The Labute approximate surface area is 216 Å². The first-order valence-corrected chi connectivity index (χ1v) is 12.0.